The first-order valence-corrected chi connectivity index (χ1v) is 6.34. The number of nitrogens with zero attached hydrogens (tertiary/aromatic N) is 2. The summed E-state index contributed by atoms with van der Waals surface area (Å²) in [6.45, 7) is 5.60. The summed E-state index contributed by atoms with van der Waals surface area (Å²) in [5.74, 6) is 0.852. The first-order valence-electron chi connectivity index (χ1n) is 4.72. The molecule has 80 valence electrons. The summed E-state index contributed by atoms with van der Waals surface area (Å²) in [5, 5.41) is 3.31. The van der Waals surface area contributed by atoms with Gasteiger partial charge in [-0.15, -0.1) is 0 Å². The van der Waals surface area contributed by atoms with Gasteiger partial charge in [0.25, 0.3) is 0 Å². The third kappa shape index (κ3) is 2.83. The van der Waals surface area contributed by atoms with Crippen LogP contribution in [0.4, 0.5) is 5.95 Å². The second-order valence-electron chi connectivity index (χ2n) is 3.24. The van der Waals surface area contributed by atoms with Gasteiger partial charge in [0, 0.05) is 47.8 Å². The molecule has 0 bridgehead atoms. The van der Waals surface area contributed by atoms with Gasteiger partial charge in [0.1, 0.15) is 0 Å². The monoisotopic (exact) mass is 215 g/mol. The molecule has 1 aromatic rings. The van der Waals surface area contributed by atoms with Crippen LogP contribution in [-0.2, 0) is 17.3 Å². The van der Waals surface area contributed by atoms with Crippen molar-refractivity contribution in [3.8, 4) is 0 Å². The highest BCUT2D eigenvalue weighted by molar-refractivity contribution is 7.84. The van der Waals surface area contributed by atoms with Crippen molar-refractivity contribution in [2.45, 2.75) is 25.6 Å². The summed E-state index contributed by atoms with van der Waals surface area (Å²) in [7, 11) is -0.784. The SMILES string of the molecule is CCNc1nccn1CC(C)S(C)=O. The van der Waals surface area contributed by atoms with E-state index in [1.54, 1.807) is 12.5 Å². The van der Waals surface area contributed by atoms with Crippen LogP contribution in [0.2, 0.25) is 0 Å². The van der Waals surface area contributed by atoms with Crippen molar-refractivity contribution in [1.82, 2.24) is 9.55 Å². The van der Waals surface area contributed by atoms with E-state index in [2.05, 4.69) is 10.3 Å². The van der Waals surface area contributed by atoms with Crippen LogP contribution in [0.1, 0.15) is 13.8 Å². The molecular weight excluding hydrogens is 198 g/mol. The molecule has 0 radical (unpaired) electrons. The van der Waals surface area contributed by atoms with Crippen molar-refractivity contribution in [2.24, 2.45) is 0 Å². The zero-order chi connectivity index (χ0) is 10.6. The number of nitrogens with one attached hydrogen (secondary N) is 1. The minimum absolute atomic E-state index is 0.154. The summed E-state index contributed by atoms with van der Waals surface area (Å²) in [4.78, 5) is 4.17. The average Bonchev–Trinajstić information content (AvgIpc) is 2.53. The number of hydrogen-bond acceptors (Lipinski definition) is 3. The lowest BCUT2D eigenvalue weighted by Gasteiger charge is -2.12. The standard InChI is InChI=1S/C9H17N3OS/c1-4-10-9-11-5-6-12(9)7-8(2)14(3)13/h5-6,8H,4,7H2,1-3H3,(H,10,11). The first-order chi connectivity index (χ1) is 6.65. The number of imidazole rings is 1. The topological polar surface area (TPSA) is 46.9 Å². The normalized spacial score (nSPS) is 15.1. The minimum Gasteiger partial charge on any atom is -0.356 e. The largest absolute Gasteiger partial charge is 0.356 e. The van der Waals surface area contributed by atoms with Crippen LogP contribution in [0.25, 0.3) is 0 Å². The van der Waals surface area contributed by atoms with Crippen LogP contribution in [0.15, 0.2) is 12.4 Å². The van der Waals surface area contributed by atoms with Crippen molar-refractivity contribution in [2.75, 3.05) is 18.1 Å². The number of rotatable bonds is 5. The lowest BCUT2D eigenvalue weighted by Crippen LogP contribution is -2.18. The Morgan fingerprint density at radius 2 is 2.43 bits per heavy atom. The fraction of sp³-hybridized carbons (Fsp3) is 0.667. The quantitative estimate of drug-likeness (QED) is 0.799. The second kappa shape index (κ2) is 5.14. The van der Waals surface area contributed by atoms with Crippen molar-refractivity contribution in [3.63, 3.8) is 0 Å². The van der Waals surface area contributed by atoms with Crippen LogP contribution in [0.5, 0.6) is 0 Å². The van der Waals surface area contributed by atoms with Gasteiger partial charge in [-0.3, -0.25) is 4.21 Å². The predicted octanol–water partition coefficient (Wildman–Crippen LogP) is 1.08. The maximum atomic E-state index is 11.2. The molecule has 0 aliphatic rings. The third-order valence-electron chi connectivity index (χ3n) is 2.07. The summed E-state index contributed by atoms with van der Waals surface area (Å²) in [5.41, 5.74) is 0. The van der Waals surface area contributed by atoms with Gasteiger partial charge < -0.3 is 9.88 Å². The van der Waals surface area contributed by atoms with E-state index in [9.17, 15) is 4.21 Å². The molecule has 0 saturated carbocycles. The highest BCUT2D eigenvalue weighted by Crippen LogP contribution is 2.07. The highest BCUT2D eigenvalue weighted by atomic mass is 32.2. The Morgan fingerprint density at radius 3 is 3.00 bits per heavy atom. The van der Waals surface area contributed by atoms with Crippen LogP contribution in [-0.4, -0.2) is 31.8 Å². The molecule has 0 aromatic carbocycles. The smallest absolute Gasteiger partial charge is 0.202 e. The van der Waals surface area contributed by atoms with Crippen LogP contribution in [0.3, 0.4) is 0 Å². The molecule has 2 unspecified atom stereocenters. The molecule has 4 nitrogen and oxygen atoms in total. The van der Waals surface area contributed by atoms with Gasteiger partial charge in [0.15, 0.2) is 0 Å². The molecule has 0 saturated heterocycles. The van der Waals surface area contributed by atoms with Crippen molar-refractivity contribution >= 4 is 16.7 Å². The maximum absolute atomic E-state index is 11.2. The second-order valence-corrected chi connectivity index (χ2v) is 5.04. The van der Waals surface area contributed by atoms with Gasteiger partial charge in [-0.1, -0.05) is 0 Å². The predicted molar refractivity (Wildman–Crippen MR) is 59.9 cm³/mol. The Labute approximate surface area is 87.2 Å². The van der Waals surface area contributed by atoms with Crippen LogP contribution in [0, 0.1) is 0 Å². The van der Waals surface area contributed by atoms with Gasteiger partial charge >= 0.3 is 0 Å². The molecule has 2 atom stereocenters. The fourth-order valence-electron chi connectivity index (χ4n) is 1.16. The van der Waals surface area contributed by atoms with E-state index in [0.29, 0.717) is 0 Å². The Hall–Kier alpha value is -0.840. The zero-order valence-corrected chi connectivity index (χ0v) is 9.67. The first kappa shape index (κ1) is 11.2. The Balaban J connectivity index is 2.66. The van der Waals surface area contributed by atoms with E-state index < -0.39 is 10.8 Å². The summed E-state index contributed by atoms with van der Waals surface area (Å²) >= 11 is 0. The Bertz CT molecular complexity index is 311. The molecule has 0 spiro atoms. The molecule has 0 aliphatic heterocycles. The molecule has 14 heavy (non-hydrogen) atoms. The molecule has 0 aliphatic carbocycles. The van der Waals surface area contributed by atoms with Gasteiger partial charge in [0.05, 0.1) is 0 Å². The Morgan fingerprint density at radius 1 is 1.71 bits per heavy atom. The highest BCUT2D eigenvalue weighted by Gasteiger charge is 2.09. The summed E-state index contributed by atoms with van der Waals surface area (Å²) < 4.78 is 13.2. The molecular formula is C9H17N3OS. The molecule has 1 N–H and O–H groups in total. The van der Waals surface area contributed by atoms with Crippen molar-refractivity contribution in [3.05, 3.63) is 12.4 Å². The van der Waals surface area contributed by atoms with Crippen molar-refractivity contribution < 1.29 is 4.21 Å². The van der Waals surface area contributed by atoms with E-state index in [0.717, 1.165) is 19.0 Å². The lowest BCUT2D eigenvalue weighted by molar-refractivity contribution is 0.645. The number of aromatic nitrogens is 2. The van der Waals surface area contributed by atoms with E-state index in [1.807, 2.05) is 24.6 Å². The fourth-order valence-corrected chi connectivity index (χ4v) is 1.53. The van der Waals surface area contributed by atoms with E-state index in [4.69, 9.17) is 0 Å². The summed E-state index contributed by atoms with van der Waals surface area (Å²) in [6, 6.07) is 0. The molecule has 1 rings (SSSR count). The van der Waals surface area contributed by atoms with Gasteiger partial charge in [-0.25, -0.2) is 4.98 Å². The maximum Gasteiger partial charge on any atom is 0.202 e. The van der Waals surface area contributed by atoms with Crippen LogP contribution < -0.4 is 5.32 Å². The van der Waals surface area contributed by atoms with Gasteiger partial charge in [-0.2, -0.15) is 0 Å². The van der Waals surface area contributed by atoms with Gasteiger partial charge in [0.2, 0.25) is 5.95 Å². The molecule has 1 heterocycles. The average molecular weight is 215 g/mol. The minimum atomic E-state index is -0.784. The van der Waals surface area contributed by atoms with E-state index in [-0.39, 0.29) is 5.25 Å². The number of hydrogen-bond donors (Lipinski definition) is 1. The number of anilines is 1. The molecule has 1 aromatic heterocycles. The molecule has 5 heteroatoms. The lowest BCUT2D eigenvalue weighted by atomic mass is 10.4. The van der Waals surface area contributed by atoms with Gasteiger partial charge in [-0.05, 0) is 13.8 Å². The van der Waals surface area contributed by atoms with Crippen molar-refractivity contribution in [1.29, 1.82) is 0 Å². The molecule has 0 fully saturated rings. The third-order valence-corrected chi connectivity index (χ3v) is 3.35. The van der Waals surface area contributed by atoms with Crippen LogP contribution >= 0.6 is 0 Å². The van der Waals surface area contributed by atoms with E-state index >= 15 is 0 Å². The Kier molecular flexibility index (Phi) is 4.13. The summed E-state index contributed by atoms with van der Waals surface area (Å²) in [6.07, 6.45) is 5.39. The zero-order valence-electron chi connectivity index (χ0n) is 8.86. The molecule has 0 amide bonds. The van der Waals surface area contributed by atoms with E-state index in [1.165, 1.54) is 0 Å².